The van der Waals surface area contributed by atoms with Gasteiger partial charge >= 0.3 is 6.18 Å². The van der Waals surface area contributed by atoms with E-state index >= 15 is 0 Å². The molecule has 35 heavy (non-hydrogen) atoms. The van der Waals surface area contributed by atoms with E-state index in [1.165, 1.54) is 12.1 Å². The number of alkyl halides is 3. The summed E-state index contributed by atoms with van der Waals surface area (Å²) in [6, 6.07) is 7.99. The molecule has 2 aliphatic rings. The number of amides is 1. The van der Waals surface area contributed by atoms with Gasteiger partial charge in [-0.25, -0.2) is 4.98 Å². The van der Waals surface area contributed by atoms with Gasteiger partial charge in [0.25, 0.3) is 5.91 Å². The zero-order valence-electron chi connectivity index (χ0n) is 19.4. The van der Waals surface area contributed by atoms with E-state index in [9.17, 15) is 18.0 Å². The molecule has 0 spiro atoms. The second-order valence-electron chi connectivity index (χ2n) is 8.96. The molecule has 2 fully saturated rings. The molecule has 184 valence electrons. The summed E-state index contributed by atoms with van der Waals surface area (Å²) in [7, 11) is 0. The molecular weight excluding hydrogens is 479 g/mol. The Morgan fingerprint density at radius 2 is 2.06 bits per heavy atom. The van der Waals surface area contributed by atoms with Crippen LogP contribution < -0.4 is 5.32 Å². The van der Waals surface area contributed by atoms with Crippen molar-refractivity contribution in [1.29, 1.82) is 0 Å². The predicted octanol–water partition coefficient (Wildman–Crippen LogP) is 6.20. The Bertz CT molecular complexity index is 1240. The standard InChI is InChI=1S/C26H25ClF3N3O2/c1-15(32-24(34)17-5-4-6-19(10-17)26(28,29)30)9-21(16(2)31-3)18-11-22(33-23(27)12-18)25-7-8-35-14-20(25)13-25/h4-6,9-12,20H,3,7-8,13-14H2,1-2H3,(H,32,34)/b15-9+,21-16+. The van der Waals surface area contributed by atoms with Crippen molar-refractivity contribution in [3.63, 3.8) is 0 Å². The van der Waals surface area contributed by atoms with Gasteiger partial charge in [0.15, 0.2) is 0 Å². The van der Waals surface area contributed by atoms with E-state index in [4.69, 9.17) is 16.3 Å². The Morgan fingerprint density at radius 3 is 2.74 bits per heavy atom. The maximum Gasteiger partial charge on any atom is 0.416 e. The van der Waals surface area contributed by atoms with Gasteiger partial charge in [-0.05, 0) is 81.3 Å². The normalized spacial score (nSPS) is 22.7. The zero-order valence-corrected chi connectivity index (χ0v) is 20.1. The predicted molar refractivity (Wildman–Crippen MR) is 129 cm³/mol. The number of benzene rings is 1. The molecule has 1 aliphatic heterocycles. The van der Waals surface area contributed by atoms with Gasteiger partial charge in [0.1, 0.15) is 5.15 Å². The first kappa shape index (κ1) is 25.1. The molecule has 9 heteroatoms. The third-order valence-electron chi connectivity index (χ3n) is 6.61. The highest BCUT2D eigenvalue weighted by molar-refractivity contribution is 6.29. The van der Waals surface area contributed by atoms with E-state index in [-0.39, 0.29) is 11.0 Å². The number of halogens is 4. The monoisotopic (exact) mass is 503 g/mol. The molecule has 2 unspecified atom stereocenters. The summed E-state index contributed by atoms with van der Waals surface area (Å²) in [6.07, 6.45) is -0.951. The van der Waals surface area contributed by atoms with Crippen LogP contribution in [0.3, 0.4) is 0 Å². The highest BCUT2D eigenvalue weighted by Crippen LogP contribution is 2.58. The maximum atomic E-state index is 13.0. The molecule has 0 radical (unpaired) electrons. The number of aromatic nitrogens is 1. The van der Waals surface area contributed by atoms with Gasteiger partial charge in [-0.1, -0.05) is 17.7 Å². The Hall–Kier alpha value is -2.97. The second kappa shape index (κ2) is 9.59. The van der Waals surface area contributed by atoms with E-state index in [2.05, 4.69) is 22.0 Å². The minimum Gasteiger partial charge on any atom is -0.381 e. The minimum atomic E-state index is -4.54. The number of allylic oxidation sites excluding steroid dienone is 4. The lowest BCUT2D eigenvalue weighted by molar-refractivity contribution is -0.137. The summed E-state index contributed by atoms with van der Waals surface area (Å²) in [6.45, 7) is 8.43. The van der Waals surface area contributed by atoms with E-state index < -0.39 is 17.6 Å². The molecule has 4 rings (SSSR count). The lowest BCUT2D eigenvalue weighted by Crippen LogP contribution is -2.23. The average Bonchev–Trinajstić information content (AvgIpc) is 3.57. The molecule has 2 atom stereocenters. The number of hydrogen-bond acceptors (Lipinski definition) is 4. The second-order valence-corrected chi connectivity index (χ2v) is 9.35. The van der Waals surface area contributed by atoms with Gasteiger partial charge in [0, 0.05) is 40.2 Å². The molecule has 1 aromatic carbocycles. The van der Waals surface area contributed by atoms with Crippen molar-refractivity contribution in [3.05, 3.63) is 81.4 Å². The van der Waals surface area contributed by atoms with Crippen molar-refractivity contribution < 1.29 is 22.7 Å². The summed E-state index contributed by atoms with van der Waals surface area (Å²) < 4.78 is 44.6. The van der Waals surface area contributed by atoms with Crippen LogP contribution in [0.5, 0.6) is 0 Å². The van der Waals surface area contributed by atoms with Gasteiger partial charge in [-0.2, -0.15) is 13.2 Å². The molecule has 1 aromatic heterocycles. The van der Waals surface area contributed by atoms with Crippen molar-refractivity contribution in [1.82, 2.24) is 10.3 Å². The Morgan fingerprint density at radius 1 is 1.29 bits per heavy atom. The minimum absolute atomic E-state index is 0.0327. The van der Waals surface area contributed by atoms with Gasteiger partial charge in [0.2, 0.25) is 0 Å². The van der Waals surface area contributed by atoms with Crippen molar-refractivity contribution in [3.8, 4) is 0 Å². The number of nitrogens with one attached hydrogen (secondary N) is 1. The smallest absolute Gasteiger partial charge is 0.381 e. The number of ether oxygens (including phenoxy) is 1. The van der Waals surface area contributed by atoms with Crippen molar-refractivity contribution in [2.45, 2.75) is 38.3 Å². The van der Waals surface area contributed by atoms with Crippen LogP contribution in [0.25, 0.3) is 5.57 Å². The molecular formula is C26H25ClF3N3O2. The molecule has 1 N–H and O–H groups in total. The Kier molecular flexibility index (Phi) is 6.88. The molecule has 2 aromatic rings. The zero-order chi connectivity index (χ0) is 25.4. The van der Waals surface area contributed by atoms with Crippen LogP contribution >= 0.6 is 11.6 Å². The fraction of sp³-hybridized carbons (Fsp3) is 0.346. The van der Waals surface area contributed by atoms with Crippen molar-refractivity contribution in [2.24, 2.45) is 10.9 Å². The molecule has 1 saturated carbocycles. The van der Waals surface area contributed by atoms with Crippen LogP contribution in [0.15, 0.2) is 58.9 Å². The Labute approximate surface area is 206 Å². The Balaban J connectivity index is 1.63. The number of fused-ring (bicyclic) bond motifs is 1. The van der Waals surface area contributed by atoms with E-state index in [0.717, 1.165) is 36.2 Å². The highest BCUT2D eigenvalue weighted by Gasteiger charge is 2.57. The SMILES string of the molecule is C=N/C(C)=C(\C=C(/C)NC(=O)c1cccc(C(F)(F)F)c1)c1cc(Cl)nc(C23CCOCC2C3)c1. The number of carbonyl (C=O) groups is 1. The van der Waals surface area contributed by atoms with E-state index in [1.807, 2.05) is 6.07 Å². The van der Waals surface area contributed by atoms with Gasteiger partial charge in [0.05, 0.1) is 12.2 Å². The molecule has 1 amide bonds. The lowest BCUT2D eigenvalue weighted by Gasteiger charge is -2.23. The molecule has 1 aliphatic carbocycles. The molecule has 5 nitrogen and oxygen atoms in total. The fourth-order valence-corrected chi connectivity index (χ4v) is 4.77. The average molecular weight is 504 g/mol. The number of nitrogens with zero attached hydrogens (tertiary/aromatic N) is 2. The van der Waals surface area contributed by atoms with Crippen LogP contribution in [-0.4, -0.2) is 30.8 Å². The first-order chi connectivity index (χ1) is 16.5. The number of carbonyl (C=O) groups excluding carboxylic acids is 1. The number of rotatable bonds is 6. The number of aliphatic imine (C=N–C) groups is 1. The molecule has 1 saturated heterocycles. The van der Waals surface area contributed by atoms with Crippen molar-refractivity contribution >= 4 is 29.8 Å². The topological polar surface area (TPSA) is 63.6 Å². The first-order valence-electron chi connectivity index (χ1n) is 11.1. The first-order valence-corrected chi connectivity index (χ1v) is 11.5. The van der Waals surface area contributed by atoms with Crippen LogP contribution in [0.1, 0.15) is 53.9 Å². The van der Waals surface area contributed by atoms with Crippen LogP contribution in [-0.2, 0) is 16.3 Å². The third kappa shape index (κ3) is 5.33. The quantitative estimate of drug-likeness (QED) is 0.290. The maximum absolute atomic E-state index is 13.0. The van der Waals surface area contributed by atoms with Gasteiger partial charge in [-0.3, -0.25) is 9.79 Å². The van der Waals surface area contributed by atoms with Crippen LogP contribution in [0.2, 0.25) is 5.15 Å². The lowest BCUT2D eigenvalue weighted by atomic mass is 9.91. The highest BCUT2D eigenvalue weighted by atomic mass is 35.5. The third-order valence-corrected chi connectivity index (χ3v) is 6.80. The largest absolute Gasteiger partial charge is 0.416 e. The summed E-state index contributed by atoms with van der Waals surface area (Å²) >= 11 is 6.40. The van der Waals surface area contributed by atoms with E-state index in [0.29, 0.717) is 41.3 Å². The number of hydrogen-bond donors (Lipinski definition) is 1. The van der Waals surface area contributed by atoms with Crippen LogP contribution in [0.4, 0.5) is 13.2 Å². The summed E-state index contributed by atoms with van der Waals surface area (Å²) in [4.78, 5) is 21.3. The van der Waals surface area contributed by atoms with Crippen molar-refractivity contribution in [2.75, 3.05) is 13.2 Å². The van der Waals surface area contributed by atoms with Gasteiger partial charge in [-0.15, -0.1) is 0 Å². The van der Waals surface area contributed by atoms with E-state index in [1.54, 1.807) is 26.0 Å². The number of pyridine rings is 1. The molecule has 2 heterocycles. The van der Waals surface area contributed by atoms with Gasteiger partial charge < -0.3 is 10.1 Å². The summed E-state index contributed by atoms with van der Waals surface area (Å²) in [5.41, 5.74) is 2.36. The molecule has 0 bridgehead atoms. The van der Waals surface area contributed by atoms with Crippen LogP contribution in [0, 0.1) is 5.92 Å². The summed E-state index contributed by atoms with van der Waals surface area (Å²) in [5.74, 6) is -0.228. The summed E-state index contributed by atoms with van der Waals surface area (Å²) in [5, 5.41) is 3.00. The fourth-order valence-electron chi connectivity index (χ4n) is 4.56.